The zero-order valence-corrected chi connectivity index (χ0v) is 17.1. The molecule has 0 unspecified atom stereocenters. The van der Waals surface area contributed by atoms with Crippen LogP contribution in [0.5, 0.6) is 0 Å². The molecule has 1 aromatic carbocycles. The van der Waals surface area contributed by atoms with E-state index in [-0.39, 0.29) is 0 Å². The monoisotopic (exact) mass is 411 g/mol. The lowest BCUT2D eigenvalue weighted by atomic mass is 10.1. The second-order valence-corrected chi connectivity index (χ2v) is 7.43. The molecule has 1 saturated heterocycles. The number of rotatable bonds is 4. The third-order valence-electron chi connectivity index (χ3n) is 5.38. The van der Waals surface area contributed by atoms with Crippen LogP contribution in [-0.4, -0.2) is 46.3 Å². The number of H-pyrrole nitrogens is 1. The van der Waals surface area contributed by atoms with Gasteiger partial charge in [-0.15, -0.1) is 10.2 Å². The molecule has 3 aromatic heterocycles. The van der Waals surface area contributed by atoms with Crippen LogP contribution in [0, 0.1) is 18.3 Å². The van der Waals surface area contributed by atoms with Gasteiger partial charge in [0, 0.05) is 61.7 Å². The van der Waals surface area contributed by atoms with E-state index < -0.39 is 0 Å². The lowest BCUT2D eigenvalue weighted by Gasteiger charge is -2.28. The van der Waals surface area contributed by atoms with Crippen molar-refractivity contribution in [3.63, 3.8) is 0 Å². The summed E-state index contributed by atoms with van der Waals surface area (Å²) in [7, 11) is 0. The Balaban J connectivity index is 1.44. The van der Waals surface area contributed by atoms with E-state index in [2.05, 4.69) is 36.5 Å². The smallest absolute Gasteiger partial charge is 0.247 e. The molecule has 0 amide bonds. The van der Waals surface area contributed by atoms with Crippen molar-refractivity contribution in [3.8, 4) is 40.0 Å². The number of aromatic amines is 1. The van der Waals surface area contributed by atoms with E-state index in [0.29, 0.717) is 17.3 Å². The molecule has 154 valence electrons. The molecule has 4 heterocycles. The number of benzene rings is 1. The minimum atomic E-state index is 0.502. The van der Waals surface area contributed by atoms with E-state index in [9.17, 15) is 5.26 Å². The largest absolute Gasteiger partial charge is 0.421 e. The van der Waals surface area contributed by atoms with Gasteiger partial charge in [0.05, 0.1) is 11.3 Å². The fourth-order valence-corrected chi connectivity index (χ4v) is 3.77. The number of aromatic nitrogens is 4. The predicted octanol–water partition coefficient (Wildman–Crippen LogP) is 3.38. The average molecular weight is 411 g/mol. The lowest BCUT2D eigenvalue weighted by molar-refractivity contribution is 0.533. The van der Waals surface area contributed by atoms with Gasteiger partial charge in [-0.2, -0.15) is 5.26 Å². The number of hydrogen-bond acceptors (Lipinski definition) is 7. The quantitative estimate of drug-likeness (QED) is 0.530. The molecule has 0 atom stereocenters. The summed E-state index contributed by atoms with van der Waals surface area (Å²) in [6.07, 6.45) is 1.79. The Labute approximate surface area is 179 Å². The molecule has 0 spiro atoms. The summed E-state index contributed by atoms with van der Waals surface area (Å²) in [4.78, 5) is 10.2. The van der Waals surface area contributed by atoms with Gasteiger partial charge in [-0.3, -0.25) is 4.98 Å². The maximum absolute atomic E-state index is 9.62. The molecule has 0 bridgehead atoms. The molecular formula is C23H21N7O. The zero-order chi connectivity index (χ0) is 21.2. The van der Waals surface area contributed by atoms with Gasteiger partial charge in [0.25, 0.3) is 0 Å². The summed E-state index contributed by atoms with van der Waals surface area (Å²) >= 11 is 0. The van der Waals surface area contributed by atoms with E-state index in [1.54, 1.807) is 13.1 Å². The van der Waals surface area contributed by atoms with E-state index in [4.69, 9.17) is 4.42 Å². The lowest BCUT2D eigenvalue weighted by Crippen LogP contribution is -2.44. The molecular weight excluding hydrogens is 390 g/mol. The van der Waals surface area contributed by atoms with Crippen LogP contribution in [0.25, 0.3) is 34.0 Å². The molecule has 0 radical (unpaired) electrons. The zero-order valence-electron chi connectivity index (χ0n) is 17.1. The standard InChI is InChI=1S/C23H21N7O/c1-15-28-29-23(31-15)17-4-2-16(3-5-17)20-12-18(6-7-26-20)21-13-19(14-24)22(27-21)30-10-8-25-9-11-30/h2-7,12-13,25,27H,8-11H2,1H3. The first kappa shape index (κ1) is 19.0. The first-order valence-corrected chi connectivity index (χ1v) is 10.2. The Kier molecular flexibility index (Phi) is 4.94. The van der Waals surface area contributed by atoms with Gasteiger partial charge in [0.2, 0.25) is 11.8 Å². The fourth-order valence-electron chi connectivity index (χ4n) is 3.77. The average Bonchev–Trinajstić information content (AvgIpc) is 3.46. The Bertz CT molecular complexity index is 1240. The van der Waals surface area contributed by atoms with Crippen LogP contribution < -0.4 is 10.2 Å². The first-order valence-electron chi connectivity index (χ1n) is 10.2. The highest BCUT2D eigenvalue weighted by Crippen LogP contribution is 2.30. The molecule has 1 aliphatic heterocycles. The minimum absolute atomic E-state index is 0.502. The van der Waals surface area contributed by atoms with Crippen molar-refractivity contribution in [2.24, 2.45) is 0 Å². The number of pyridine rings is 1. The number of piperazine rings is 1. The Morgan fingerprint density at radius 1 is 1.00 bits per heavy atom. The van der Waals surface area contributed by atoms with Crippen LogP contribution in [0.1, 0.15) is 11.5 Å². The summed E-state index contributed by atoms with van der Waals surface area (Å²) in [5, 5.41) is 20.9. The number of nitrogens with zero attached hydrogens (tertiary/aromatic N) is 5. The third kappa shape index (κ3) is 3.79. The topological polar surface area (TPSA) is 107 Å². The van der Waals surface area contributed by atoms with Crippen LogP contribution in [0.15, 0.2) is 53.1 Å². The van der Waals surface area contributed by atoms with Gasteiger partial charge in [-0.1, -0.05) is 12.1 Å². The van der Waals surface area contributed by atoms with Crippen molar-refractivity contribution in [1.82, 2.24) is 25.5 Å². The normalized spacial score (nSPS) is 13.9. The van der Waals surface area contributed by atoms with Crippen molar-refractivity contribution in [2.75, 3.05) is 31.1 Å². The predicted molar refractivity (Wildman–Crippen MR) is 117 cm³/mol. The molecule has 31 heavy (non-hydrogen) atoms. The summed E-state index contributed by atoms with van der Waals surface area (Å²) in [5.74, 6) is 1.93. The molecule has 4 aromatic rings. The molecule has 1 aliphatic rings. The second-order valence-electron chi connectivity index (χ2n) is 7.43. The maximum atomic E-state index is 9.62. The van der Waals surface area contributed by atoms with Crippen LogP contribution in [0.4, 0.5) is 5.82 Å². The van der Waals surface area contributed by atoms with Crippen molar-refractivity contribution in [1.29, 1.82) is 5.26 Å². The third-order valence-corrected chi connectivity index (χ3v) is 5.38. The van der Waals surface area contributed by atoms with Gasteiger partial charge < -0.3 is 19.6 Å². The van der Waals surface area contributed by atoms with Crippen LogP contribution >= 0.6 is 0 Å². The van der Waals surface area contributed by atoms with Gasteiger partial charge in [-0.25, -0.2) is 0 Å². The number of nitrogens with one attached hydrogen (secondary N) is 2. The first-order chi connectivity index (χ1) is 15.2. The van der Waals surface area contributed by atoms with Crippen LogP contribution in [-0.2, 0) is 0 Å². The van der Waals surface area contributed by atoms with Crippen LogP contribution in [0.2, 0.25) is 0 Å². The highest BCUT2D eigenvalue weighted by atomic mass is 16.4. The van der Waals surface area contributed by atoms with E-state index >= 15 is 0 Å². The summed E-state index contributed by atoms with van der Waals surface area (Å²) in [6, 6.07) is 16.1. The molecule has 5 rings (SSSR count). The van der Waals surface area contributed by atoms with Crippen molar-refractivity contribution in [3.05, 3.63) is 60.1 Å². The fraction of sp³-hybridized carbons (Fsp3) is 0.217. The van der Waals surface area contributed by atoms with E-state index in [1.807, 2.05) is 42.5 Å². The molecule has 0 aliphatic carbocycles. The van der Waals surface area contributed by atoms with Crippen LogP contribution in [0.3, 0.4) is 0 Å². The van der Waals surface area contributed by atoms with Crippen molar-refractivity contribution < 1.29 is 4.42 Å². The van der Waals surface area contributed by atoms with Crippen molar-refractivity contribution in [2.45, 2.75) is 6.92 Å². The Morgan fingerprint density at radius 3 is 2.48 bits per heavy atom. The van der Waals surface area contributed by atoms with Gasteiger partial charge in [0.1, 0.15) is 11.9 Å². The molecule has 1 fully saturated rings. The Morgan fingerprint density at radius 2 is 1.77 bits per heavy atom. The van der Waals surface area contributed by atoms with E-state index in [0.717, 1.165) is 60.1 Å². The second kappa shape index (κ2) is 8.05. The molecule has 8 heteroatoms. The highest BCUT2D eigenvalue weighted by Gasteiger charge is 2.18. The van der Waals surface area contributed by atoms with Gasteiger partial charge in [0.15, 0.2) is 0 Å². The van der Waals surface area contributed by atoms with Gasteiger partial charge in [-0.05, 0) is 30.3 Å². The molecule has 0 saturated carbocycles. The number of aryl methyl sites for hydroxylation is 1. The summed E-state index contributed by atoms with van der Waals surface area (Å²) in [6.45, 7) is 5.35. The number of anilines is 1. The van der Waals surface area contributed by atoms with Gasteiger partial charge >= 0.3 is 0 Å². The summed E-state index contributed by atoms with van der Waals surface area (Å²) < 4.78 is 5.49. The molecule has 2 N–H and O–H groups in total. The van der Waals surface area contributed by atoms with E-state index in [1.165, 1.54) is 0 Å². The minimum Gasteiger partial charge on any atom is -0.421 e. The molecule has 8 nitrogen and oxygen atoms in total. The highest BCUT2D eigenvalue weighted by molar-refractivity contribution is 5.73. The SMILES string of the molecule is Cc1nnc(-c2ccc(-c3cc(-c4cc(C#N)c(N5CCNCC5)[nH]4)ccn3)cc2)o1. The van der Waals surface area contributed by atoms with Crippen molar-refractivity contribution >= 4 is 5.82 Å². The number of nitriles is 1. The summed E-state index contributed by atoms with van der Waals surface area (Å²) in [5.41, 5.74) is 5.25. The number of hydrogen-bond donors (Lipinski definition) is 2. The maximum Gasteiger partial charge on any atom is 0.247 e. The Hall–Kier alpha value is -3.96.